The van der Waals surface area contributed by atoms with Crippen LogP contribution in [0.4, 0.5) is 4.79 Å². The molecule has 25 heavy (non-hydrogen) atoms. The van der Waals surface area contributed by atoms with Crippen molar-refractivity contribution in [2.75, 3.05) is 18.1 Å². The molecule has 2 heterocycles. The molecule has 2 aliphatic rings. The van der Waals surface area contributed by atoms with Gasteiger partial charge in [0, 0.05) is 24.5 Å². The number of carbonyl (C=O) groups is 3. The van der Waals surface area contributed by atoms with Crippen LogP contribution in [0.3, 0.4) is 0 Å². The molecule has 3 amide bonds. The van der Waals surface area contributed by atoms with Crippen LogP contribution in [0, 0.1) is 0 Å². The standard InChI is InChI=1S/C11H22N2O3.C5H8N2OS/c1-2-3-7-10(14)13-8-5-4-6-9(12)11(15)16;8-5-6-3-1-9-2-4(3)7-5/h9H,2-8,12H2,1H3,(H,13,14)(H,15,16);3-4H,1-2H2,(H2,6,7,8). The Hall–Kier alpha value is -1.48. The SMILES string of the molecule is CCCCC(=O)NCCCCC(N)C(=O)O.O=C1NC2CSCC2N1. The quantitative estimate of drug-likeness (QED) is 0.297. The zero-order chi connectivity index (χ0) is 18.7. The molecule has 0 saturated carbocycles. The molecular weight excluding hydrogens is 344 g/mol. The zero-order valence-corrected chi connectivity index (χ0v) is 15.6. The van der Waals surface area contributed by atoms with E-state index in [1.807, 2.05) is 18.7 Å². The Labute approximate surface area is 153 Å². The molecule has 2 saturated heterocycles. The molecule has 2 aliphatic heterocycles. The summed E-state index contributed by atoms with van der Waals surface area (Å²) in [5.74, 6) is 1.25. The van der Waals surface area contributed by atoms with Crippen molar-refractivity contribution >= 4 is 29.7 Å². The maximum absolute atomic E-state index is 11.2. The van der Waals surface area contributed by atoms with Crippen LogP contribution in [0.2, 0.25) is 0 Å². The summed E-state index contributed by atoms with van der Waals surface area (Å²) < 4.78 is 0. The summed E-state index contributed by atoms with van der Waals surface area (Å²) in [6.07, 6.45) is 4.46. The van der Waals surface area contributed by atoms with Gasteiger partial charge in [-0.1, -0.05) is 13.3 Å². The summed E-state index contributed by atoms with van der Waals surface area (Å²) in [6, 6.07) is 0.0334. The summed E-state index contributed by atoms with van der Waals surface area (Å²) in [6.45, 7) is 2.65. The molecule has 0 aromatic carbocycles. The molecule has 0 bridgehead atoms. The number of amides is 3. The second-order valence-electron chi connectivity index (χ2n) is 6.26. The van der Waals surface area contributed by atoms with Crippen molar-refractivity contribution in [2.45, 2.75) is 63.6 Å². The first kappa shape index (κ1) is 21.6. The summed E-state index contributed by atoms with van der Waals surface area (Å²) >= 11 is 1.89. The Kier molecular flexibility index (Phi) is 10.3. The number of urea groups is 1. The van der Waals surface area contributed by atoms with Crippen molar-refractivity contribution in [3.63, 3.8) is 0 Å². The molecular formula is C16H30N4O4S. The van der Waals surface area contributed by atoms with E-state index in [0.717, 1.165) is 37.2 Å². The highest BCUT2D eigenvalue weighted by molar-refractivity contribution is 7.99. The molecule has 144 valence electrons. The van der Waals surface area contributed by atoms with E-state index in [9.17, 15) is 14.4 Å². The molecule has 0 aliphatic carbocycles. The average Bonchev–Trinajstić information content (AvgIpc) is 3.13. The number of hydrogen-bond donors (Lipinski definition) is 5. The fourth-order valence-corrected chi connectivity index (χ4v) is 3.76. The minimum Gasteiger partial charge on any atom is -0.480 e. The lowest BCUT2D eigenvalue weighted by Crippen LogP contribution is -2.31. The van der Waals surface area contributed by atoms with Crippen LogP contribution < -0.4 is 21.7 Å². The van der Waals surface area contributed by atoms with Crippen molar-refractivity contribution in [1.29, 1.82) is 0 Å². The van der Waals surface area contributed by atoms with Crippen LogP contribution in [0.1, 0.15) is 45.4 Å². The third kappa shape index (κ3) is 8.97. The molecule has 3 atom stereocenters. The first-order chi connectivity index (χ1) is 11.9. The third-order valence-electron chi connectivity index (χ3n) is 4.05. The Balaban J connectivity index is 0.000000286. The van der Waals surface area contributed by atoms with Crippen molar-refractivity contribution < 1.29 is 19.5 Å². The van der Waals surface area contributed by atoms with Crippen molar-refractivity contribution in [1.82, 2.24) is 16.0 Å². The average molecular weight is 375 g/mol. The van der Waals surface area contributed by atoms with Gasteiger partial charge in [0.1, 0.15) is 6.04 Å². The van der Waals surface area contributed by atoms with Crippen molar-refractivity contribution in [2.24, 2.45) is 5.73 Å². The molecule has 8 nitrogen and oxygen atoms in total. The van der Waals surface area contributed by atoms with Gasteiger partial charge in [-0.3, -0.25) is 9.59 Å². The molecule has 2 fully saturated rings. The molecule has 0 aromatic rings. The van der Waals surface area contributed by atoms with Gasteiger partial charge in [-0.25, -0.2) is 4.79 Å². The Morgan fingerprint density at radius 1 is 1.28 bits per heavy atom. The number of hydrogen-bond acceptors (Lipinski definition) is 5. The number of thioether (sulfide) groups is 1. The van der Waals surface area contributed by atoms with Gasteiger partial charge >= 0.3 is 12.0 Å². The number of carboxylic acid groups (broad SMARTS) is 1. The number of carboxylic acids is 1. The van der Waals surface area contributed by atoms with Crippen molar-refractivity contribution in [3.8, 4) is 0 Å². The van der Waals surface area contributed by atoms with Gasteiger partial charge in [0.05, 0.1) is 12.1 Å². The number of unbranched alkanes of at least 4 members (excludes halogenated alkanes) is 2. The monoisotopic (exact) mass is 374 g/mol. The molecule has 3 unspecified atom stereocenters. The lowest BCUT2D eigenvalue weighted by atomic mass is 10.1. The third-order valence-corrected chi connectivity index (χ3v) is 5.24. The topological polar surface area (TPSA) is 134 Å². The van der Waals surface area contributed by atoms with E-state index < -0.39 is 12.0 Å². The van der Waals surface area contributed by atoms with Crippen LogP contribution in [-0.4, -0.2) is 59.2 Å². The number of carbonyl (C=O) groups excluding carboxylic acids is 2. The Morgan fingerprint density at radius 3 is 2.48 bits per heavy atom. The maximum Gasteiger partial charge on any atom is 0.320 e. The predicted octanol–water partition coefficient (Wildman–Crippen LogP) is 0.658. The minimum atomic E-state index is -0.966. The van der Waals surface area contributed by atoms with Crippen LogP contribution in [0.25, 0.3) is 0 Å². The molecule has 0 aromatic heterocycles. The van der Waals surface area contributed by atoms with E-state index in [1.54, 1.807) is 0 Å². The normalized spacial score (nSPS) is 22.1. The molecule has 0 spiro atoms. The minimum absolute atomic E-state index is 0.00491. The van der Waals surface area contributed by atoms with Crippen LogP contribution in [0.15, 0.2) is 0 Å². The summed E-state index contributed by atoms with van der Waals surface area (Å²) in [5, 5.41) is 17.0. The van der Waals surface area contributed by atoms with Crippen LogP contribution in [-0.2, 0) is 9.59 Å². The summed E-state index contributed by atoms with van der Waals surface area (Å²) in [7, 11) is 0. The van der Waals surface area contributed by atoms with E-state index in [2.05, 4.69) is 16.0 Å². The largest absolute Gasteiger partial charge is 0.480 e. The number of nitrogens with one attached hydrogen (secondary N) is 3. The highest BCUT2D eigenvalue weighted by Crippen LogP contribution is 2.20. The van der Waals surface area contributed by atoms with Gasteiger partial charge in [0.2, 0.25) is 5.91 Å². The predicted molar refractivity (Wildman–Crippen MR) is 98.6 cm³/mol. The molecule has 2 rings (SSSR count). The first-order valence-corrected chi connectivity index (χ1v) is 9.99. The van der Waals surface area contributed by atoms with E-state index in [0.29, 0.717) is 31.5 Å². The van der Waals surface area contributed by atoms with Gasteiger partial charge in [0.15, 0.2) is 0 Å². The summed E-state index contributed by atoms with van der Waals surface area (Å²) in [5.41, 5.74) is 5.34. The lowest BCUT2D eigenvalue weighted by Gasteiger charge is -2.07. The van der Waals surface area contributed by atoms with Gasteiger partial charge < -0.3 is 26.8 Å². The summed E-state index contributed by atoms with van der Waals surface area (Å²) in [4.78, 5) is 32.2. The van der Waals surface area contributed by atoms with Crippen LogP contribution >= 0.6 is 11.8 Å². The highest BCUT2D eigenvalue weighted by Gasteiger charge is 2.35. The van der Waals surface area contributed by atoms with Gasteiger partial charge in [0.25, 0.3) is 0 Å². The van der Waals surface area contributed by atoms with Crippen molar-refractivity contribution in [3.05, 3.63) is 0 Å². The number of fused-ring (bicyclic) bond motifs is 1. The second-order valence-corrected chi connectivity index (χ2v) is 7.34. The van der Waals surface area contributed by atoms with E-state index in [1.165, 1.54) is 0 Å². The fourth-order valence-electron chi connectivity index (χ4n) is 2.48. The number of rotatable bonds is 9. The Morgan fingerprint density at radius 2 is 1.92 bits per heavy atom. The fraction of sp³-hybridized carbons (Fsp3) is 0.812. The molecule has 0 radical (unpaired) electrons. The molecule has 6 N–H and O–H groups in total. The van der Waals surface area contributed by atoms with E-state index >= 15 is 0 Å². The molecule has 9 heteroatoms. The maximum atomic E-state index is 11.2. The first-order valence-electron chi connectivity index (χ1n) is 8.83. The lowest BCUT2D eigenvalue weighted by molar-refractivity contribution is -0.138. The number of aliphatic carboxylic acids is 1. The van der Waals surface area contributed by atoms with E-state index in [4.69, 9.17) is 10.8 Å². The number of nitrogens with two attached hydrogens (primary N) is 1. The smallest absolute Gasteiger partial charge is 0.320 e. The van der Waals surface area contributed by atoms with Crippen LogP contribution in [0.5, 0.6) is 0 Å². The van der Waals surface area contributed by atoms with E-state index in [-0.39, 0.29) is 11.9 Å². The Bertz CT molecular complexity index is 436. The van der Waals surface area contributed by atoms with Gasteiger partial charge in [-0.15, -0.1) is 0 Å². The second kappa shape index (κ2) is 12.0. The highest BCUT2D eigenvalue weighted by atomic mass is 32.2. The zero-order valence-electron chi connectivity index (χ0n) is 14.8. The van der Waals surface area contributed by atoms with Gasteiger partial charge in [-0.05, 0) is 25.7 Å². The van der Waals surface area contributed by atoms with Gasteiger partial charge in [-0.2, -0.15) is 11.8 Å².